The lowest BCUT2D eigenvalue weighted by atomic mass is 10.1. The molecule has 0 radical (unpaired) electrons. The highest BCUT2D eigenvalue weighted by Crippen LogP contribution is 2.35. The summed E-state index contributed by atoms with van der Waals surface area (Å²) in [6, 6.07) is 6.91. The summed E-state index contributed by atoms with van der Waals surface area (Å²) in [6.07, 6.45) is -2.96. The Morgan fingerprint density at radius 2 is 1.85 bits per heavy atom. The van der Waals surface area contributed by atoms with Crippen LogP contribution in [0.5, 0.6) is 0 Å². The zero-order chi connectivity index (χ0) is 19.4. The highest BCUT2D eigenvalue weighted by atomic mass is 32.2. The molecule has 0 fully saturated rings. The minimum atomic E-state index is -4.99. The molecule has 1 aliphatic heterocycles. The van der Waals surface area contributed by atoms with E-state index in [2.05, 4.69) is 5.32 Å². The Hall–Kier alpha value is -2.39. The SMILES string of the molecule is O=S(=O)(c1ccc(F)c(C(F)(F)F)c1)n1cc2c3c(cccc31)CNCC2. The predicted octanol–water partition coefficient (Wildman–Crippen LogP) is 3.68. The lowest BCUT2D eigenvalue weighted by Crippen LogP contribution is -2.16. The van der Waals surface area contributed by atoms with Crippen molar-refractivity contribution in [1.29, 1.82) is 0 Å². The lowest BCUT2D eigenvalue weighted by Gasteiger charge is -2.12. The Balaban J connectivity index is 1.94. The third-order valence-corrected chi connectivity index (χ3v) is 6.32. The molecule has 0 amide bonds. The fourth-order valence-corrected chi connectivity index (χ4v) is 4.81. The molecule has 0 saturated carbocycles. The summed E-state index contributed by atoms with van der Waals surface area (Å²) in [7, 11) is -4.33. The van der Waals surface area contributed by atoms with Crippen LogP contribution in [0, 0.1) is 5.82 Å². The molecular formula is C18H14F4N2O2S. The van der Waals surface area contributed by atoms with Gasteiger partial charge in [-0.05, 0) is 48.4 Å². The first-order valence-electron chi connectivity index (χ1n) is 8.14. The van der Waals surface area contributed by atoms with Crippen LogP contribution in [-0.4, -0.2) is 18.9 Å². The van der Waals surface area contributed by atoms with Gasteiger partial charge in [0.1, 0.15) is 5.82 Å². The van der Waals surface area contributed by atoms with Crippen LogP contribution in [0.15, 0.2) is 47.5 Å². The molecular weight excluding hydrogens is 384 g/mol. The minimum Gasteiger partial charge on any atom is -0.312 e. The predicted molar refractivity (Wildman–Crippen MR) is 91.3 cm³/mol. The second-order valence-corrected chi connectivity index (χ2v) is 8.15. The number of halogens is 4. The van der Waals surface area contributed by atoms with Crippen LogP contribution in [0.1, 0.15) is 16.7 Å². The first kappa shape index (κ1) is 18.0. The zero-order valence-electron chi connectivity index (χ0n) is 13.8. The smallest absolute Gasteiger partial charge is 0.312 e. The molecule has 0 saturated heterocycles. The maximum absolute atomic E-state index is 13.5. The molecule has 0 aliphatic carbocycles. The summed E-state index contributed by atoms with van der Waals surface area (Å²) in [5.41, 5.74) is 0.506. The van der Waals surface area contributed by atoms with Crippen molar-refractivity contribution in [1.82, 2.24) is 9.29 Å². The van der Waals surface area contributed by atoms with Crippen LogP contribution in [0.3, 0.4) is 0 Å². The van der Waals surface area contributed by atoms with Gasteiger partial charge in [-0.3, -0.25) is 0 Å². The van der Waals surface area contributed by atoms with E-state index in [0.29, 0.717) is 37.2 Å². The van der Waals surface area contributed by atoms with Gasteiger partial charge in [-0.1, -0.05) is 12.1 Å². The Labute approximate surface area is 152 Å². The number of nitrogens with one attached hydrogen (secondary N) is 1. The Morgan fingerprint density at radius 3 is 2.59 bits per heavy atom. The Kier molecular flexibility index (Phi) is 4.04. The first-order valence-corrected chi connectivity index (χ1v) is 9.58. The topological polar surface area (TPSA) is 51.1 Å². The van der Waals surface area contributed by atoms with E-state index in [0.717, 1.165) is 26.6 Å². The Morgan fingerprint density at radius 1 is 1.07 bits per heavy atom. The molecule has 2 heterocycles. The summed E-state index contributed by atoms with van der Waals surface area (Å²) < 4.78 is 79.6. The van der Waals surface area contributed by atoms with E-state index in [1.54, 1.807) is 12.1 Å². The monoisotopic (exact) mass is 398 g/mol. The quantitative estimate of drug-likeness (QED) is 0.670. The van der Waals surface area contributed by atoms with Gasteiger partial charge in [0, 0.05) is 18.1 Å². The summed E-state index contributed by atoms with van der Waals surface area (Å²) in [4.78, 5) is -0.611. The van der Waals surface area contributed by atoms with Crippen molar-refractivity contribution < 1.29 is 26.0 Å². The molecule has 1 aliphatic rings. The van der Waals surface area contributed by atoms with Gasteiger partial charge in [-0.2, -0.15) is 13.2 Å². The highest BCUT2D eigenvalue weighted by Gasteiger charge is 2.36. The summed E-state index contributed by atoms with van der Waals surface area (Å²) in [6.45, 7) is 1.23. The molecule has 27 heavy (non-hydrogen) atoms. The summed E-state index contributed by atoms with van der Waals surface area (Å²) >= 11 is 0. The van der Waals surface area contributed by atoms with Gasteiger partial charge in [0.2, 0.25) is 0 Å². The van der Waals surface area contributed by atoms with Crippen LogP contribution < -0.4 is 5.32 Å². The Bertz CT molecular complexity index is 1150. The fourth-order valence-electron chi connectivity index (χ4n) is 3.39. The third kappa shape index (κ3) is 2.90. The van der Waals surface area contributed by atoms with Gasteiger partial charge in [-0.15, -0.1) is 0 Å². The summed E-state index contributed by atoms with van der Waals surface area (Å²) in [5, 5.41) is 4.02. The van der Waals surface area contributed by atoms with Gasteiger partial charge >= 0.3 is 6.18 Å². The van der Waals surface area contributed by atoms with Crippen LogP contribution in [0.25, 0.3) is 10.9 Å². The largest absolute Gasteiger partial charge is 0.419 e. The van der Waals surface area contributed by atoms with Crippen molar-refractivity contribution in [3.05, 3.63) is 65.1 Å². The van der Waals surface area contributed by atoms with Crippen LogP contribution >= 0.6 is 0 Å². The van der Waals surface area contributed by atoms with Crippen LogP contribution in [0.2, 0.25) is 0 Å². The number of alkyl halides is 3. The second-order valence-electron chi connectivity index (χ2n) is 6.33. The standard InChI is InChI=1S/C18H14F4N2O2S/c19-15-5-4-13(8-14(15)18(20,21)22)27(25,26)24-10-12-6-7-23-9-11-2-1-3-16(24)17(11)12/h1-5,8,10,23H,6-7,9H2. The molecule has 0 bridgehead atoms. The lowest BCUT2D eigenvalue weighted by molar-refractivity contribution is -0.140. The first-order chi connectivity index (χ1) is 12.7. The maximum Gasteiger partial charge on any atom is 0.419 e. The van der Waals surface area contributed by atoms with E-state index in [1.165, 1.54) is 6.20 Å². The molecule has 3 aromatic rings. The molecule has 1 aromatic heterocycles. The average molecular weight is 398 g/mol. The molecule has 4 rings (SSSR count). The van der Waals surface area contributed by atoms with Gasteiger partial charge in [0.05, 0.1) is 16.0 Å². The van der Waals surface area contributed by atoms with E-state index in [4.69, 9.17) is 0 Å². The number of hydrogen-bond acceptors (Lipinski definition) is 3. The average Bonchev–Trinajstić information content (AvgIpc) is 2.85. The van der Waals surface area contributed by atoms with Gasteiger partial charge in [-0.25, -0.2) is 16.8 Å². The van der Waals surface area contributed by atoms with Crippen molar-refractivity contribution in [2.45, 2.75) is 24.0 Å². The molecule has 0 spiro atoms. The number of benzene rings is 2. The third-order valence-electron chi connectivity index (χ3n) is 4.65. The molecule has 4 nitrogen and oxygen atoms in total. The normalized spacial score (nSPS) is 15.1. The van der Waals surface area contributed by atoms with Gasteiger partial charge < -0.3 is 5.32 Å². The second kappa shape index (κ2) is 6.07. The molecule has 9 heteroatoms. The van der Waals surface area contributed by atoms with Crippen molar-refractivity contribution in [3.8, 4) is 0 Å². The van der Waals surface area contributed by atoms with E-state index in [-0.39, 0.29) is 0 Å². The van der Waals surface area contributed by atoms with E-state index >= 15 is 0 Å². The molecule has 0 unspecified atom stereocenters. The van der Waals surface area contributed by atoms with Crippen LogP contribution in [-0.2, 0) is 29.2 Å². The highest BCUT2D eigenvalue weighted by molar-refractivity contribution is 7.90. The molecule has 0 atom stereocenters. The number of rotatable bonds is 2. The fraction of sp³-hybridized carbons (Fsp3) is 0.222. The molecule has 142 valence electrons. The van der Waals surface area contributed by atoms with Gasteiger partial charge in [0.25, 0.3) is 10.0 Å². The van der Waals surface area contributed by atoms with E-state index < -0.39 is 32.5 Å². The van der Waals surface area contributed by atoms with E-state index in [1.807, 2.05) is 6.07 Å². The van der Waals surface area contributed by atoms with Crippen molar-refractivity contribution in [2.24, 2.45) is 0 Å². The van der Waals surface area contributed by atoms with Crippen molar-refractivity contribution in [2.75, 3.05) is 6.54 Å². The summed E-state index contributed by atoms with van der Waals surface area (Å²) in [5.74, 6) is -1.51. The number of aromatic nitrogens is 1. The number of nitrogens with zero attached hydrogens (tertiary/aromatic N) is 1. The minimum absolute atomic E-state index is 0.341. The van der Waals surface area contributed by atoms with Gasteiger partial charge in [0.15, 0.2) is 0 Å². The van der Waals surface area contributed by atoms with Crippen LogP contribution in [0.4, 0.5) is 17.6 Å². The van der Waals surface area contributed by atoms with Crippen molar-refractivity contribution >= 4 is 20.9 Å². The molecule has 1 N–H and O–H groups in total. The van der Waals surface area contributed by atoms with Crippen molar-refractivity contribution in [3.63, 3.8) is 0 Å². The van der Waals surface area contributed by atoms with E-state index in [9.17, 15) is 26.0 Å². The maximum atomic E-state index is 13.5. The molecule has 2 aromatic carbocycles. The zero-order valence-corrected chi connectivity index (χ0v) is 14.7. The number of hydrogen-bond donors (Lipinski definition) is 1.